The largest absolute Gasteiger partial charge is 0.348 e. The van der Waals surface area contributed by atoms with Crippen molar-refractivity contribution in [3.63, 3.8) is 0 Å². The van der Waals surface area contributed by atoms with Gasteiger partial charge in [-0.1, -0.05) is 0 Å². The van der Waals surface area contributed by atoms with Crippen LogP contribution in [0.5, 0.6) is 0 Å². The Hall–Kier alpha value is -3.02. The number of pyridine rings is 1. The lowest BCUT2D eigenvalue weighted by Gasteiger charge is -2.07. The number of rotatable bonds is 4. The van der Waals surface area contributed by atoms with Crippen molar-refractivity contribution in [2.75, 3.05) is 0 Å². The fourth-order valence-electron chi connectivity index (χ4n) is 2.25. The molecular formula is C17H15FN4O. The maximum absolute atomic E-state index is 13.0. The van der Waals surface area contributed by atoms with Gasteiger partial charge in [-0.15, -0.1) is 0 Å². The predicted molar refractivity (Wildman–Crippen MR) is 83.7 cm³/mol. The van der Waals surface area contributed by atoms with Gasteiger partial charge in [-0.3, -0.25) is 9.78 Å². The quantitative estimate of drug-likeness (QED) is 0.806. The number of aromatic nitrogens is 3. The van der Waals surface area contributed by atoms with Crippen LogP contribution in [-0.4, -0.2) is 20.7 Å². The smallest absolute Gasteiger partial charge is 0.255 e. The highest BCUT2D eigenvalue weighted by Crippen LogP contribution is 2.14. The number of nitrogens with zero attached hydrogens (tertiary/aromatic N) is 3. The van der Waals surface area contributed by atoms with Gasteiger partial charge in [0.2, 0.25) is 0 Å². The lowest BCUT2D eigenvalue weighted by atomic mass is 10.2. The van der Waals surface area contributed by atoms with Crippen LogP contribution in [0.15, 0.2) is 55.0 Å². The number of hydrogen-bond acceptors (Lipinski definition) is 3. The summed E-state index contributed by atoms with van der Waals surface area (Å²) in [4.78, 5) is 16.2. The molecule has 116 valence electrons. The van der Waals surface area contributed by atoms with Crippen molar-refractivity contribution in [2.24, 2.45) is 0 Å². The Bertz CT molecular complexity index is 812. The fourth-order valence-corrected chi connectivity index (χ4v) is 2.25. The van der Waals surface area contributed by atoms with Gasteiger partial charge in [-0.2, -0.15) is 5.10 Å². The molecule has 0 aliphatic carbocycles. The third-order valence-electron chi connectivity index (χ3n) is 3.53. The van der Waals surface area contributed by atoms with Crippen molar-refractivity contribution in [1.29, 1.82) is 0 Å². The van der Waals surface area contributed by atoms with E-state index in [0.717, 1.165) is 5.56 Å². The zero-order valence-corrected chi connectivity index (χ0v) is 12.5. The molecule has 3 rings (SSSR count). The highest BCUT2D eigenvalue weighted by molar-refractivity contribution is 5.95. The standard InChI is InChI=1S/C17H15FN4O/c1-12-16(17(23)20-10-13-6-8-19-9-7-13)11-21-22(12)15-4-2-14(18)3-5-15/h2-9,11H,10H2,1H3,(H,20,23). The van der Waals surface area contributed by atoms with E-state index in [0.29, 0.717) is 23.5 Å². The van der Waals surface area contributed by atoms with Crippen LogP contribution in [0.25, 0.3) is 5.69 Å². The minimum atomic E-state index is -0.311. The minimum absolute atomic E-state index is 0.201. The second-order valence-corrected chi connectivity index (χ2v) is 5.07. The molecule has 2 aromatic heterocycles. The number of halogens is 1. The monoisotopic (exact) mass is 310 g/mol. The molecule has 0 bridgehead atoms. The van der Waals surface area contributed by atoms with Crippen molar-refractivity contribution < 1.29 is 9.18 Å². The fraction of sp³-hybridized carbons (Fsp3) is 0.118. The third-order valence-corrected chi connectivity index (χ3v) is 3.53. The van der Waals surface area contributed by atoms with Crippen LogP contribution in [0.3, 0.4) is 0 Å². The third kappa shape index (κ3) is 3.26. The van der Waals surface area contributed by atoms with E-state index in [4.69, 9.17) is 0 Å². The van der Waals surface area contributed by atoms with E-state index in [1.807, 2.05) is 12.1 Å². The van der Waals surface area contributed by atoms with Crippen molar-refractivity contribution in [3.05, 3.63) is 77.6 Å². The summed E-state index contributed by atoms with van der Waals surface area (Å²) >= 11 is 0. The molecule has 0 saturated carbocycles. The molecule has 5 nitrogen and oxygen atoms in total. The minimum Gasteiger partial charge on any atom is -0.348 e. The molecule has 0 aliphatic heterocycles. The average molecular weight is 310 g/mol. The van der Waals surface area contributed by atoms with Crippen molar-refractivity contribution in [2.45, 2.75) is 13.5 Å². The van der Waals surface area contributed by atoms with Crippen LogP contribution in [0, 0.1) is 12.7 Å². The summed E-state index contributed by atoms with van der Waals surface area (Å²) < 4.78 is 14.6. The molecular weight excluding hydrogens is 295 g/mol. The lowest BCUT2D eigenvalue weighted by Crippen LogP contribution is -2.23. The summed E-state index contributed by atoms with van der Waals surface area (Å²) in [5.41, 5.74) is 2.86. The Morgan fingerprint density at radius 2 is 1.87 bits per heavy atom. The van der Waals surface area contributed by atoms with E-state index in [1.165, 1.54) is 18.3 Å². The Morgan fingerprint density at radius 1 is 1.17 bits per heavy atom. The first-order valence-corrected chi connectivity index (χ1v) is 7.13. The number of carbonyl (C=O) groups excluding carboxylic acids is 1. The molecule has 0 radical (unpaired) electrons. The van der Waals surface area contributed by atoms with E-state index in [-0.39, 0.29) is 11.7 Å². The molecule has 0 atom stereocenters. The highest BCUT2D eigenvalue weighted by Gasteiger charge is 2.14. The molecule has 1 amide bonds. The molecule has 3 aromatic rings. The van der Waals surface area contributed by atoms with Gasteiger partial charge < -0.3 is 5.32 Å². The molecule has 1 N–H and O–H groups in total. The predicted octanol–water partition coefficient (Wildman–Crippen LogP) is 2.64. The van der Waals surface area contributed by atoms with Crippen LogP contribution >= 0.6 is 0 Å². The molecule has 0 aliphatic rings. The lowest BCUT2D eigenvalue weighted by molar-refractivity contribution is 0.0950. The van der Waals surface area contributed by atoms with E-state index in [1.54, 1.807) is 36.1 Å². The molecule has 0 unspecified atom stereocenters. The topological polar surface area (TPSA) is 59.8 Å². The first-order valence-electron chi connectivity index (χ1n) is 7.13. The van der Waals surface area contributed by atoms with Gasteiger partial charge in [0.25, 0.3) is 5.91 Å². The average Bonchev–Trinajstić information content (AvgIpc) is 2.96. The summed E-state index contributed by atoms with van der Waals surface area (Å²) in [5.74, 6) is -0.512. The Labute approximate surface area is 132 Å². The van der Waals surface area contributed by atoms with Gasteiger partial charge in [-0.05, 0) is 48.9 Å². The van der Waals surface area contributed by atoms with Crippen LogP contribution in [0.2, 0.25) is 0 Å². The number of amides is 1. The normalized spacial score (nSPS) is 10.5. The molecule has 0 saturated heterocycles. The van der Waals surface area contributed by atoms with Crippen LogP contribution in [0.1, 0.15) is 21.6 Å². The molecule has 1 aromatic carbocycles. The van der Waals surface area contributed by atoms with Gasteiger partial charge in [0.15, 0.2) is 0 Å². The number of carbonyl (C=O) groups is 1. The molecule has 0 spiro atoms. The zero-order valence-electron chi connectivity index (χ0n) is 12.5. The molecule has 6 heteroatoms. The number of benzene rings is 1. The van der Waals surface area contributed by atoms with E-state index in [9.17, 15) is 9.18 Å². The van der Waals surface area contributed by atoms with Crippen molar-refractivity contribution >= 4 is 5.91 Å². The summed E-state index contributed by atoms with van der Waals surface area (Å²) in [6.45, 7) is 2.22. The summed E-state index contributed by atoms with van der Waals surface area (Å²) in [6, 6.07) is 9.64. The van der Waals surface area contributed by atoms with Crippen molar-refractivity contribution in [3.8, 4) is 5.69 Å². The molecule has 2 heterocycles. The van der Waals surface area contributed by atoms with Gasteiger partial charge in [0, 0.05) is 18.9 Å². The highest BCUT2D eigenvalue weighted by atomic mass is 19.1. The molecule has 0 fully saturated rings. The molecule has 23 heavy (non-hydrogen) atoms. The maximum atomic E-state index is 13.0. The van der Waals surface area contributed by atoms with Crippen LogP contribution < -0.4 is 5.32 Å². The van der Waals surface area contributed by atoms with Gasteiger partial charge >= 0.3 is 0 Å². The van der Waals surface area contributed by atoms with Crippen molar-refractivity contribution in [1.82, 2.24) is 20.1 Å². The first kappa shape index (κ1) is 14.9. The van der Waals surface area contributed by atoms with E-state index >= 15 is 0 Å². The van der Waals surface area contributed by atoms with E-state index < -0.39 is 0 Å². The maximum Gasteiger partial charge on any atom is 0.255 e. The van der Waals surface area contributed by atoms with Crippen LogP contribution in [-0.2, 0) is 6.54 Å². The SMILES string of the molecule is Cc1c(C(=O)NCc2ccncc2)cnn1-c1ccc(F)cc1. The van der Waals surface area contributed by atoms with Gasteiger partial charge in [-0.25, -0.2) is 9.07 Å². The second kappa shape index (κ2) is 6.39. The zero-order chi connectivity index (χ0) is 16.2. The number of nitrogens with one attached hydrogen (secondary N) is 1. The Kier molecular flexibility index (Phi) is 4.14. The summed E-state index contributed by atoms with van der Waals surface area (Å²) in [7, 11) is 0. The van der Waals surface area contributed by atoms with Gasteiger partial charge in [0.05, 0.1) is 23.1 Å². The van der Waals surface area contributed by atoms with Gasteiger partial charge in [0.1, 0.15) is 5.82 Å². The summed E-state index contributed by atoms with van der Waals surface area (Å²) in [6.07, 6.45) is 4.87. The first-order chi connectivity index (χ1) is 11.1. The summed E-state index contributed by atoms with van der Waals surface area (Å²) in [5, 5.41) is 7.07. The Balaban J connectivity index is 1.76. The van der Waals surface area contributed by atoms with E-state index in [2.05, 4.69) is 15.4 Å². The second-order valence-electron chi connectivity index (χ2n) is 5.07. The number of hydrogen-bond donors (Lipinski definition) is 1. The Morgan fingerprint density at radius 3 is 2.57 bits per heavy atom. The van der Waals surface area contributed by atoms with Crippen LogP contribution in [0.4, 0.5) is 4.39 Å².